The number of likely N-dealkylation sites (tertiary alicyclic amines) is 1. The fourth-order valence-corrected chi connectivity index (χ4v) is 2.12. The zero-order chi connectivity index (χ0) is 12.8. The summed E-state index contributed by atoms with van der Waals surface area (Å²) in [7, 11) is 0. The van der Waals surface area contributed by atoms with Gasteiger partial charge in [0.2, 0.25) is 5.91 Å². The SMILES string of the molecule is C.C.C.CC.CC(=O)N1CC(N2CCN([C-]=O)CC2)C1.[Y]. The largest absolute Gasteiger partial charge is 0.520 e. The van der Waals surface area contributed by atoms with Crippen molar-refractivity contribution < 1.29 is 42.3 Å². The first-order valence-electron chi connectivity index (χ1n) is 6.33. The Morgan fingerprint density at radius 3 is 1.76 bits per heavy atom. The van der Waals surface area contributed by atoms with Crippen molar-refractivity contribution in [1.82, 2.24) is 14.7 Å². The van der Waals surface area contributed by atoms with E-state index in [1.165, 1.54) is 0 Å². The molecule has 0 saturated carbocycles. The molecule has 0 aromatic heterocycles. The Hall–Kier alpha value is 0.00390. The third kappa shape index (κ3) is 8.27. The van der Waals surface area contributed by atoms with Crippen LogP contribution in [0.15, 0.2) is 0 Å². The normalized spacial score (nSPS) is 17.3. The molecule has 0 aliphatic carbocycles. The second-order valence-electron chi connectivity index (χ2n) is 4.19. The summed E-state index contributed by atoms with van der Waals surface area (Å²) in [6.45, 7) is 10.6. The molecule has 1 radical (unpaired) electrons. The molecule has 2 aliphatic heterocycles. The van der Waals surface area contributed by atoms with Crippen molar-refractivity contribution in [1.29, 1.82) is 0 Å². The van der Waals surface area contributed by atoms with Crippen molar-refractivity contribution in [3.63, 3.8) is 0 Å². The second-order valence-corrected chi connectivity index (χ2v) is 4.19. The van der Waals surface area contributed by atoms with E-state index < -0.39 is 0 Å². The molecule has 6 heteroatoms. The van der Waals surface area contributed by atoms with Crippen molar-refractivity contribution in [2.24, 2.45) is 0 Å². The van der Waals surface area contributed by atoms with E-state index in [4.69, 9.17) is 0 Å². The Kier molecular flexibility index (Phi) is 20.7. The first kappa shape index (κ1) is 29.1. The zero-order valence-corrected chi connectivity index (χ0v) is 14.4. The quantitative estimate of drug-likeness (QED) is 0.690. The minimum atomic E-state index is 0. The van der Waals surface area contributed by atoms with Crippen LogP contribution in [0.4, 0.5) is 0 Å². The minimum Gasteiger partial charge on any atom is -0.520 e. The summed E-state index contributed by atoms with van der Waals surface area (Å²) in [5, 5.41) is 0. The molecule has 125 valence electrons. The van der Waals surface area contributed by atoms with Gasteiger partial charge in [0, 0.05) is 84.9 Å². The van der Waals surface area contributed by atoms with Crippen LogP contribution in [0, 0.1) is 0 Å². The third-order valence-corrected chi connectivity index (χ3v) is 3.27. The molecule has 0 bridgehead atoms. The molecule has 0 N–H and O–H groups in total. The summed E-state index contributed by atoms with van der Waals surface area (Å²) in [6.07, 6.45) is 1.92. The number of carbonyl (C=O) groups is 1. The Labute approximate surface area is 157 Å². The van der Waals surface area contributed by atoms with E-state index in [9.17, 15) is 9.59 Å². The maximum absolute atomic E-state index is 11.0. The molecular weight excluding hydrogens is 343 g/mol. The van der Waals surface area contributed by atoms with Gasteiger partial charge in [0.05, 0.1) is 0 Å². The topological polar surface area (TPSA) is 43.9 Å². The summed E-state index contributed by atoms with van der Waals surface area (Å²) in [6, 6.07) is 0.503. The van der Waals surface area contributed by atoms with Crippen LogP contribution in [0.3, 0.4) is 0 Å². The summed E-state index contributed by atoms with van der Waals surface area (Å²) in [4.78, 5) is 27.3. The molecule has 0 atom stereocenters. The van der Waals surface area contributed by atoms with E-state index >= 15 is 0 Å². The molecule has 5 nitrogen and oxygen atoms in total. The van der Waals surface area contributed by atoms with Crippen LogP contribution in [-0.2, 0) is 42.3 Å². The van der Waals surface area contributed by atoms with Crippen molar-refractivity contribution in [3.05, 3.63) is 0 Å². The third-order valence-electron chi connectivity index (χ3n) is 3.27. The Morgan fingerprint density at radius 1 is 1.00 bits per heavy atom. The molecule has 2 heterocycles. The van der Waals surface area contributed by atoms with Gasteiger partial charge in [-0.2, -0.15) is 6.41 Å². The average molecular weight is 377 g/mol. The van der Waals surface area contributed by atoms with Gasteiger partial charge < -0.3 is 14.6 Å². The van der Waals surface area contributed by atoms with Crippen LogP contribution in [0.1, 0.15) is 43.1 Å². The molecule has 2 aliphatic rings. The Balaban J connectivity index is -0.000000231. The smallest absolute Gasteiger partial charge is 0.219 e. The van der Waals surface area contributed by atoms with Crippen molar-refractivity contribution in [2.75, 3.05) is 39.3 Å². The zero-order valence-electron chi connectivity index (χ0n) is 11.6. The Morgan fingerprint density at radius 2 is 1.43 bits per heavy atom. The first-order valence-corrected chi connectivity index (χ1v) is 6.33. The fourth-order valence-electron chi connectivity index (χ4n) is 2.12. The predicted octanol–water partition coefficient (Wildman–Crippen LogP) is 1.83. The Bertz CT molecular complexity index is 264. The van der Waals surface area contributed by atoms with Crippen LogP contribution in [-0.4, -0.2) is 72.3 Å². The summed E-state index contributed by atoms with van der Waals surface area (Å²) in [5.74, 6) is 0.158. The summed E-state index contributed by atoms with van der Waals surface area (Å²) < 4.78 is 0. The van der Waals surface area contributed by atoms with E-state index in [1.54, 1.807) is 11.8 Å². The standard InChI is InChI=1S/C10H16N3O2.C2H6.3CH4.Y/c1-9(15)13-6-10(7-13)12-4-2-11(8-14)3-5-12;1-2;;;;/h10H,2-7H2,1H3;1-2H3;3*1H4;/q-1;;;;;. The van der Waals surface area contributed by atoms with Gasteiger partial charge in [-0.3, -0.25) is 9.69 Å². The van der Waals surface area contributed by atoms with Crippen LogP contribution in [0.2, 0.25) is 0 Å². The van der Waals surface area contributed by atoms with Crippen molar-refractivity contribution in [2.45, 2.75) is 49.1 Å². The van der Waals surface area contributed by atoms with Crippen molar-refractivity contribution >= 4 is 12.3 Å². The minimum absolute atomic E-state index is 0. The number of carbonyl (C=O) groups excluding carboxylic acids is 2. The second kappa shape index (κ2) is 14.9. The maximum atomic E-state index is 11.0. The molecule has 2 fully saturated rings. The van der Waals surface area contributed by atoms with Gasteiger partial charge >= 0.3 is 0 Å². The van der Waals surface area contributed by atoms with E-state index in [0.29, 0.717) is 6.04 Å². The number of rotatable bonds is 2. The van der Waals surface area contributed by atoms with Gasteiger partial charge in [-0.1, -0.05) is 36.1 Å². The summed E-state index contributed by atoms with van der Waals surface area (Å²) >= 11 is 0. The van der Waals surface area contributed by atoms with Crippen molar-refractivity contribution in [3.8, 4) is 0 Å². The number of amides is 2. The van der Waals surface area contributed by atoms with Crippen LogP contribution in [0.5, 0.6) is 0 Å². The molecule has 2 rings (SSSR count). The number of nitrogens with zero attached hydrogens (tertiary/aromatic N) is 3. The van der Waals surface area contributed by atoms with Gasteiger partial charge in [0.25, 0.3) is 0 Å². The monoisotopic (exact) mass is 377 g/mol. The van der Waals surface area contributed by atoms with E-state index in [1.807, 2.05) is 25.2 Å². The van der Waals surface area contributed by atoms with Gasteiger partial charge in [-0.25, -0.2) is 0 Å². The summed E-state index contributed by atoms with van der Waals surface area (Å²) in [5.41, 5.74) is 0. The van der Waals surface area contributed by atoms with E-state index in [-0.39, 0.29) is 60.9 Å². The molecule has 0 aromatic rings. The van der Waals surface area contributed by atoms with Crippen LogP contribution in [0.25, 0.3) is 0 Å². The van der Waals surface area contributed by atoms with Crippen LogP contribution < -0.4 is 0 Å². The molecular formula is C15H34N3O2Y-. The number of piperazine rings is 1. The fraction of sp³-hybridized carbons (Fsp3) is 0.867. The molecule has 0 unspecified atom stereocenters. The number of hydrogen-bond acceptors (Lipinski definition) is 3. The van der Waals surface area contributed by atoms with Gasteiger partial charge in [0.15, 0.2) is 0 Å². The van der Waals surface area contributed by atoms with Crippen LogP contribution >= 0.6 is 0 Å². The number of hydrogen-bond donors (Lipinski definition) is 0. The first-order chi connectivity index (χ1) is 8.20. The van der Waals surface area contributed by atoms with Gasteiger partial charge in [0.1, 0.15) is 0 Å². The molecule has 2 saturated heterocycles. The van der Waals surface area contributed by atoms with E-state index in [2.05, 4.69) is 4.90 Å². The predicted molar refractivity (Wildman–Crippen MR) is 86.4 cm³/mol. The molecule has 21 heavy (non-hydrogen) atoms. The van der Waals surface area contributed by atoms with Gasteiger partial charge in [-0.15, -0.1) is 0 Å². The molecule has 2 amide bonds. The van der Waals surface area contributed by atoms with Gasteiger partial charge in [-0.05, 0) is 0 Å². The molecule has 0 spiro atoms. The maximum Gasteiger partial charge on any atom is 0.219 e. The molecule has 0 aromatic carbocycles. The van der Waals surface area contributed by atoms with E-state index in [0.717, 1.165) is 39.3 Å². The average Bonchev–Trinajstić information content (AvgIpc) is 2.30.